The number of benzene rings is 2. The van der Waals surface area contributed by atoms with Gasteiger partial charge in [-0.1, -0.05) is 12.1 Å². The van der Waals surface area contributed by atoms with Crippen molar-refractivity contribution in [1.29, 1.82) is 0 Å². The molecule has 0 radical (unpaired) electrons. The standard InChI is InChI=1S/C19H19F4N3O4S/c1-24-15-8-13(30-31(27,28)19(21,22)23)9-16-17(15)14(10-18(25-2,26-3)29-16)11-4-6-12(20)7-5-11/h4-10,24-26H,1-3H3. The van der Waals surface area contributed by atoms with Gasteiger partial charge in [0.2, 0.25) is 5.85 Å². The van der Waals surface area contributed by atoms with Gasteiger partial charge in [-0.25, -0.2) is 4.39 Å². The van der Waals surface area contributed by atoms with Gasteiger partial charge in [-0.05, 0) is 43.4 Å². The van der Waals surface area contributed by atoms with E-state index >= 15 is 0 Å². The van der Waals surface area contributed by atoms with Crippen LogP contribution < -0.4 is 24.9 Å². The SMILES string of the molecule is CNc1cc(OS(=O)(=O)C(F)(F)F)cc2c1C(c1ccc(F)cc1)=CC(NC)(NC)O2. The molecule has 0 saturated carbocycles. The normalized spacial score (nSPS) is 15.5. The van der Waals surface area contributed by atoms with Crippen LogP contribution in [-0.4, -0.2) is 40.9 Å². The van der Waals surface area contributed by atoms with Crippen LogP contribution >= 0.6 is 0 Å². The van der Waals surface area contributed by atoms with Gasteiger partial charge in [0.15, 0.2) is 0 Å². The Morgan fingerprint density at radius 2 is 1.65 bits per heavy atom. The first kappa shape index (κ1) is 22.8. The molecule has 2 aromatic carbocycles. The molecule has 0 amide bonds. The molecule has 1 aliphatic rings. The minimum atomic E-state index is -5.88. The average molecular weight is 461 g/mol. The van der Waals surface area contributed by atoms with E-state index < -0.39 is 33.0 Å². The molecule has 3 N–H and O–H groups in total. The van der Waals surface area contributed by atoms with Crippen molar-refractivity contribution in [1.82, 2.24) is 10.6 Å². The summed E-state index contributed by atoms with van der Waals surface area (Å²) < 4.78 is 84.9. The Balaban J connectivity index is 2.21. The number of hydrogen-bond acceptors (Lipinski definition) is 7. The van der Waals surface area contributed by atoms with Gasteiger partial charge in [-0.2, -0.15) is 21.6 Å². The number of alkyl halides is 3. The van der Waals surface area contributed by atoms with E-state index in [2.05, 4.69) is 20.1 Å². The quantitative estimate of drug-likeness (QED) is 0.264. The highest BCUT2D eigenvalue weighted by atomic mass is 32.2. The van der Waals surface area contributed by atoms with E-state index in [4.69, 9.17) is 4.74 Å². The number of anilines is 1. The number of hydrogen-bond donors (Lipinski definition) is 3. The lowest BCUT2D eigenvalue weighted by Crippen LogP contribution is -2.58. The number of likely N-dealkylation sites (N-methyl/N-ethyl adjacent to an activating group) is 2. The lowest BCUT2D eigenvalue weighted by atomic mass is 9.92. The van der Waals surface area contributed by atoms with Crippen molar-refractivity contribution in [2.24, 2.45) is 0 Å². The average Bonchev–Trinajstić information content (AvgIpc) is 2.71. The van der Waals surface area contributed by atoms with Gasteiger partial charge in [0.05, 0.1) is 0 Å². The van der Waals surface area contributed by atoms with E-state index in [1.165, 1.54) is 31.3 Å². The summed E-state index contributed by atoms with van der Waals surface area (Å²) >= 11 is 0. The van der Waals surface area contributed by atoms with Crippen LogP contribution in [0.4, 0.5) is 23.2 Å². The Hall–Kier alpha value is -2.83. The molecule has 3 rings (SSSR count). The van der Waals surface area contributed by atoms with Crippen LogP contribution in [0.5, 0.6) is 11.5 Å². The van der Waals surface area contributed by atoms with Crippen LogP contribution in [0.25, 0.3) is 5.57 Å². The van der Waals surface area contributed by atoms with Crippen molar-refractivity contribution in [3.05, 3.63) is 59.4 Å². The van der Waals surface area contributed by atoms with Gasteiger partial charge in [0, 0.05) is 30.4 Å². The first-order valence-electron chi connectivity index (χ1n) is 8.88. The van der Waals surface area contributed by atoms with Gasteiger partial charge in [-0.3, -0.25) is 10.6 Å². The van der Waals surface area contributed by atoms with Gasteiger partial charge >= 0.3 is 15.6 Å². The summed E-state index contributed by atoms with van der Waals surface area (Å²) in [6.45, 7) is 0. The zero-order valence-electron chi connectivity index (χ0n) is 16.6. The van der Waals surface area contributed by atoms with Gasteiger partial charge in [0.1, 0.15) is 17.3 Å². The highest BCUT2D eigenvalue weighted by molar-refractivity contribution is 7.88. The molecule has 2 aromatic rings. The zero-order chi connectivity index (χ0) is 23.0. The molecular formula is C19H19F4N3O4S. The van der Waals surface area contributed by atoms with Crippen LogP contribution in [0, 0.1) is 5.82 Å². The molecule has 0 bridgehead atoms. The highest BCUT2D eigenvalue weighted by Gasteiger charge is 2.49. The monoisotopic (exact) mass is 461 g/mol. The fraction of sp³-hybridized carbons (Fsp3) is 0.263. The second-order valence-corrected chi connectivity index (χ2v) is 8.02. The fourth-order valence-corrected chi connectivity index (χ4v) is 3.52. The lowest BCUT2D eigenvalue weighted by molar-refractivity contribution is -0.0500. The van der Waals surface area contributed by atoms with Crippen LogP contribution in [0.3, 0.4) is 0 Å². The predicted octanol–water partition coefficient (Wildman–Crippen LogP) is 3.01. The topological polar surface area (TPSA) is 88.7 Å². The molecule has 0 atom stereocenters. The maximum Gasteiger partial charge on any atom is 0.534 e. The maximum atomic E-state index is 13.4. The molecule has 12 heteroatoms. The highest BCUT2D eigenvalue weighted by Crippen LogP contribution is 2.45. The second-order valence-electron chi connectivity index (χ2n) is 6.48. The molecule has 0 unspecified atom stereocenters. The number of rotatable bonds is 6. The summed E-state index contributed by atoms with van der Waals surface area (Å²) in [5.41, 5.74) is -3.79. The van der Waals surface area contributed by atoms with Gasteiger partial charge in [0.25, 0.3) is 0 Å². The zero-order valence-corrected chi connectivity index (χ0v) is 17.4. The number of nitrogens with one attached hydrogen (secondary N) is 3. The van der Waals surface area contributed by atoms with Crippen molar-refractivity contribution < 1.29 is 34.9 Å². The Morgan fingerprint density at radius 3 is 2.16 bits per heavy atom. The number of ether oxygens (including phenoxy) is 1. The smallest absolute Gasteiger partial charge is 0.455 e. The Morgan fingerprint density at radius 1 is 1.03 bits per heavy atom. The summed E-state index contributed by atoms with van der Waals surface area (Å²) in [4.78, 5) is 0. The fourth-order valence-electron chi connectivity index (χ4n) is 3.07. The van der Waals surface area contributed by atoms with Crippen molar-refractivity contribution in [2.75, 3.05) is 26.5 Å². The largest absolute Gasteiger partial charge is 0.534 e. The Kier molecular flexibility index (Phi) is 5.91. The first-order valence-corrected chi connectivity index (χ1v) is 10.3. The molecule has 31 heavy (non-hydrogen) atoms. The van der Waals surface area contributed by atoms with Crippen LogP contribution in [0.1, 0.15) is 11.1 Å². The van der Waals surface area contributed by atoms with Crippen LogP contribution in [0.15, 0.2) is 42.5 Å². The third kappa shape index (κ3) is 4.31. The molecule has 0 aromatic heterocycles. The first-order chi connectivity index (χ1) is 14.4. The molecule has 0 fully saturated rings. The molecule has 7 nitrogen and oxygen atoms in total. The van der Waals surface area contributed by atoms with Gasteiger partial charge < -0.3 is 14.2 Å². The van der Waals surface area contributed by atoms with Crippen molar-refractivity contribution in [3.8, 4) is 11.5 Å². The molecule has 0 saturated heterocycles. The van der Waals surface area contributed by atoms with Crippen LogP contribution in [0.2, 0.25) is 0 Å². The molecule has 1 heterocycles. The molecule has 1 aliphatic heterocycles. The third-order valence-electron chi connectivity index (χ3n) is 4.62. The minimum absolute atomic E-state index is 0.0322. The Bertz CT molecular complexity index is 1110. The van der Waals surface area contributed by atoms with E-state index in [0.29, 0.717) is 16.7 Å². The summed E-state index contributed by atoms with van der Waals surface area (Å²) in [6, 6.07) is 7.74. The van der Waals surface area contributed by atoms with E-state index in [9.17, 15) is 26.0 Å². The molecule has 0 aliphatic carbocycles. The van der Waals surface area contributed by atoms with Gasteiger partial charge in [-0.15, -0.1) is 0 Å². The molecular weight excluding hydrogens is 442 g/mol. The molecule has 0 spiro atoms. The van der Waals surface area contributed by atoms with Crippen molar-refractivity contribution >= 4 is 21.4 Å². The number of fused-ring (bicyclic) bond motifs is 1. The van der Waals surface area contributed by atoms with E-state index in [1.807, 2.05) is 0 Å². The number of halogens is 4. The Labute approximate surface area is 176 Å². The third-order valence-corrected chi connectivity index (χ3v) is 5.60. The summed E-state index contributed by atoms with van der Waals surface area (Å²) in [5.74, 6) is -2.30. The maximum absolute atomic E-state index is 13.4. The summed E-state index contributed by atoms with van der Waals surface area (Å²) in [5, 5.41) is 8.61. The van der Waals surface area contributed by atoms with Crippen molar-refractivity contribution in [2.45, 2.75) is 11.4 Å². The van der Waals surface area contributed by atoms with E-state index in [0.717, 1.165) is 12.1 Å². The second kappa shape index (κ2) is 8.02. The summed E-state index contributed by atoms with van der Waals surface area (Å²) in [7, 11) is -1.23. The predicted molar refractivity (Wildman–Crippen MR) is 107 cm³/mol. The van der Waals surface area contributed by atoms with Crippen LogP contribution in [-0.2, 0) is 10.1 Å². The lowest BCUT2D eigenvalue weighted by Gasteiger charge is -2.37. The molecule has 168 valence electrons. The van der Waals surface area contributed by atoms with E-state index in [-0.39, 0.29) is 11.4 Å². The van der Waals surface area contributed by atoms with Crippen molar-refractivity contribution in [3.63, 3.8) is 0 Å². The summed E-state index contributed by atoms with van der Waals surface area (Å²) in [6.07, 6.45) is 1.68. The van der Waals surface area contributed by atoms with E-state index in [1.54, 1.807) is 20.2 Å². The minimum Gasteiger partial charge on any atom is -0.455 e.